The summed E-state index contributed by atoms with van der Waals surface area (Å²) < 4.78 is 0. The van der Waals surface area contributed by atoms with Gasteiger partial charge in [0.05, 0.1) is 0 Å². The Hall–Kier alpha value is -3.04. The van der Waals surface area contributed by atoms with E-state index in [4.69, 9.17) is 0 Å². The molecule has 0 amide bonds. The lowest BCUT2D eigenvalue weighted by Crippen LogP contribution is -2.47. The maximum atomic E-state index is 11.5. The molecule has 0 fully saturated rings. The standard InChI is InChI=1S/C24H21NO2/c1-2-24(15-26,16-27)25-14-18-13-23-19-8-4-3-7-17(19)11-12-22(23)21-10-6-5-9-20(18)21/h3-13,15-16,25H,2,14H2,1H3. The van der Waals surface area contributed by atoms with Crippen LogP contribution in [-0.2, 0) is 16.1 Å². The van der Waals surface area contributed by atoms with Crippen molar-refractivity contribution in [3.63, 3.8) is 0 Å². The normalized spacial score (nSPS) is 11.9. The van der Waals surface area contributed by atoms with Crippen LogP contribution >= 0.6 is 0 Å². The first-order valence-corrected chi connectivity index (χ1v) is 9.21. The second-order valence-electron chi connectivity index (χ2n) is 6.95. The number of rotatable bonds is 6. The first-order chi connectivity index (χ1) is 13.2. The van der Waals surface area contributed by atoms with Gasteiger partial charge in [-0.3, -0.25) is 5.32 Å². The third-order valence-corrected chi connectivity index (χ3v) is 5.47. The molecule has 0 aliphatic heterocycles. The second-order valence-corrected chi connectivity index (χ2v) is 6.95. The molecular weight excluding hydrogens is 334 g/mol. The number of aldehydes is 2. The molecule has 3 heteroatoms. The van der Waals surface area contributed by atoms with Gasteiger partial charge < -0.3 is 9.59 Å². The van der Waals surface area contributed by atoms with E-state index in [1.54, 1.807) is 0 Å². The molecule has 3 nitrogen and oxygen atoms in total. The molecule has 0 aromatic heterocycles. The summed E-state index contributed by atoms with van der Waals surface area (Å²) in [6, 6.07) is 23.1. The summed E-state index contributed by atoms with van der Waals surface area (Å²) in [5.41, 5.74) is -0.0505. The number of carbonyl (C=O) groups is 2. The third-order valence-electron chi connectivity index (χ3n) is 5.47. The van der Waals surface area contributed by atoms with Crippen LogP contribution in [-0.4, -0.2) is 18.1 Å². The summed E-state index contributed by atoms with van der Waals surface area (Å²) in [5.74, 6) is 0. The van der Waals surface area contributed by atoms with Gasteiger partial charge in [-0.2, -0.15) is 0 Å². The molecule has 0 saturated carbocycles. The third kappa shape index (κ3) is 2.90. The fourth-order valence-electron chi connectivity index (χ4n) is 3.74. The number of fused-ring (bicyclic) bond motifs is 5. The van der Waals surface area contributed by atoms with Crippen LogP contribution in [0.25, 0.3) is 32.3 Å². The van der Waals surface area contributed by atoms with E-state index in [0.717, 1.165) is 10.9 Å². The van der Waals surface area contributed by atoms with Gasteiger partial charge in [0.1, 0.15) is 18.1 Å². The highest BCUT2D eigenvalue weighted by Crippen LogP contribution is 2.33. The molecule has 1 N–H and O–H groups in total. The van der Waals surface area contributed by atoms with Gasteiger partial charge in [0, 0.05) is 6.54 Å². The topological polar surface area (TPSA) is 46.2 Å². The van der Waals surface area contributed by atoms with E-state index in [1.165, 1.54) is 26.9 Å². The molecule has 0 bridgehead atoms. The molecule has 0 aliphatic rings. The van der Waals surface area contributed by atoms with Gasteiger partial charge >= 0.3 is 0 Å². The quantitative estimate of drug-likeness (QED) is 0.307. The molecule has 4 rings (SSSR count). The maximum absolute atomic E-state index is 11.5. The Bertz CT molecular complexity index is 1160. The zero-order valence-electron chi connectivity index (χ0n) is 15.2. The van der Waals surface area contributed by atoms with E-state index in [1.807, 2.05) is 25.1 Å². The zero-order valence-corrected chi connectivity index (χ0v) is 15.2. The maximum Gasteiger partial charge on any atom is 0.147 e. The largest absolute Gasteiger partial charge is 0.301 e. The lowest BCUT2D eigenvalue weighted by molar-refractivity contribution is -0.122. The first kappa shape index (κ1) is 17.4. The first-order valence-electron chi connectivity index (χ1n) is 9.21. The summed E-state index contributed by atoms with van der Waals surface area (Å²) in [5, 5.41) is 10.3. The van der Waals surface area contributed by atoms with Crippen molar-refractivity contribution < 1.29 is 9.59 Å². The number of nitrogens with one attached hydrogen (secondary N) is 1. The minimum Gasteiger partial charge on any atom is -0.301 e. The van der Waals surface area contributed by atoms with Gasteiger partial charge in [-0.05, 0) is 50.4 Å². The molecule has 134 valence electrons. The molecular formula is C24H21NO2. The van der Waals surface area contributed by atoms with Crippen molar-refractivity contribution in [2.75, 3.05) is 0 Å². The predicted molar refractivity (Wildman–Crippen MR) is 111 cm³/mol. The van der Waals surface area contributed by atoms with Crippen molar-refractivity contribution in [1.29, 1.82) is 0 Å². The Balaban J connectivity index is 1.94. The Kier molecular flexibility index (Phi) is 4.46. The van der Waals surface area contributed by atoms with Crippen LogP contribution < -0.4 is 5.32 Å². The van der Waals surface area contributed by atoms with Gasteiger partial charge in [0.25, 0.3) is 0 Å². The van der Waals surface area contributed by atoms with Gasteiger partial charge in [-0.15, -0.1) is 0 Å². The van der Waals surface area contributed by atoms with Crippen LogP contribution in [0.15, 0.2) is 66.7 Å². The van der Waals surface area contributed by atoms with Gasteiger partial charge in [-0.1, -0.05) is 67.6 Å². The van der Waals surface area contributed by atoms with Crippen LogP contribution in [0, 0.1) is 0 Å². The average molecular weight is 355 g/mol. The molecule has 4 aromatic carbocycles. The average Bonchev–Trinajstić information content (AvgIpc) is 2.75. The molecule has 0 radical (unpaired) electrons. The minimum absolute atomic E-state index is 0.425. The highest BCUT2D eigenvalue weighted by molar-refractivity contribution is 6.18. The van der Waals surface area contributed by atoms with E-state index < -0.39 is 5.54 Å². The van der Waals surface area contributed by atoms with Crippen molar-refractivity contribution in [1.82, 2.24) is 5.32 Å². The summed E-state index contributed by atoms with van der Waals surface area (Å²) in [4.78, 5) is 22.9. The second kappa shape index (κ2) is 6.93. The van der Waals surface area contributed by atoms with Crippen LogP contribution in [0.3, 0.4) is 0 Å². The molecule has 0 aliphatic carbocycles. The van der Waals surface area contributed by atoms with E-state index in [-0.39, 0.29) is 0 Å². The molecule has 0 heterocycles. The molecule has 0 unspecified atom stereocenters. The summed E-state index contributed by atoms with van der Waals surface area (Å²) in [6.45, 7) is 2.28. The summed E-state index contributed by atoms with van der Waals surface area (Å²) in [7, 11) is 0. The Morgan fingerprint density at radius 2 is 1.41 bits per heavy atom. The van der Waals surface area contributed by atoms with Gasteiger partial charge in [-0.25, -0.2) is 0 Å². The summed E-state index contributed by atoms with van der Waals surface area (Å²) >= 11 is 0. The highest BCUT2D eigenvalue weighted by Gasteiger charge is 2.26. The van der Waals surface area contributed by atoms with Crippen molar-refractivity contribution in [3.8, 4) is 0 Å². The lowest BCUT2D eigenvalue weighted by atomic mass is 9.93. The fourth-order valence-corrected chi connectivity index (χ4v) is 3.74. The fraction of sp³-hybridized carbons (Fsp3) is 0.167. The van der Waals surface area contributed by atoms with Crippen LogP contribution in [0.5, 0.6) is 0 Å². The summed E-state index contributed by atoms with van der Waals surface area (Å²) in [6.07, 6.45) is 1.84. The molecule has 27 heavy (non-hydrogen) atoms. The number of hydrogen-bond donors (Lipinski definition) is 1. The number of benzene rings is 4. The molecule has 4 aromatic rings. The minimum atomic E-state index is -1.13. The van der Waals surface area contributed by atoms with Crippen molar-refractivity contribution in [3.05, 3.63) is 72.3 Å². The SMILES string of the molecule is CCC(C=O)(C=O)NCc1cc2c3ccccc3ccc2c2ccccc12. The molecule has 0 atom stereocenters. The number of hydrogen-bond acceptors (Lipinski definition) is 3. The Morgan fingerprint density at radius 1 is 0.778 bits per heavy atom. The Morgan fingerprint density at radius 3 is 2.11 bits per heavy atom. The van der Waals surface area contributed by atoms with Gasteiger partial charge in [0.2, 0.25) is 0 Å². The van der Waals surface area contributed by atoms with Gasteiger partial charge in [0.15, 0.2) is 0 Å². The van der Waals surface area contributed by atoms with E-state index in [9.17, 15) is 9.59 Å². The van der Waals surface area contributed by atoms with Crippen molar-refractivity contribution in [2.24, 2.45) is 0 Å². The van der Waals surface area contributed by atoms with Crippen LogP contribution in [0.1, 0.15) is 18.9 Å². The lowest BCUT2D eigenvalue weighted by Gasteiger charge is -2.22. The van der Waals surface area contributed by atoms with Crippen LogP contribution in [0.4, 0.5) is 0 Å². The Labute approximate surface area is 158 Å². The smallest absolute Gasteiger partial charge is 0.147 e. The predicted octanol–water partition coefficient (Wildman–Crippen LogP) is 4.78. The van der Waals surface area contributed by atoms with Crippen molar-refractivity contribution in [2.45, 2.75) is 25.4 Å². The van der Waals surface area contributed by atoms with E-state index >= 15 is 0 Å². The molecule has 0 spiro atoms. The van der Waals surface area contributed by atoms with E-state index in [2.05, 4.69) is 53.8 Å². The van der Waals surface area contributed by atoms with Crippen LogP contribution in [0.2, 0.25) is 0 Å². The van der Waals surface area contributed by atoms with Crippen molar-refractivity contribution >= 4 is 44.9 Å². The monoisotopic (exact) mass is 355 g/mol. The van der Waals surface area contributed by atoms with E-state index in [0.29, 0.717) is 25.5 Å². The molecule has 0 saturated heterocycles. The highest BCUT2D eigenvalue weighted by atomic mass is 16.1. The number of carbonyl (C=O) groups excluding carboxylic acids is 2. The zero-order chi connectivity index (χ0) is 18.9.